The van der Waals surface area contributed by atoms with E-state index in [9.17, 15) is 9.18 Å². The number of halogens is 1. The summed E-state index contributed by atoms with van der Waals surface area (Å²) < 4.78 is 14.1. The monoisotopic (exact) mass is 292 g/mol. The number of amides is 1. The van der Waals surface area contributed by atoms with Crippen molar-refractivity contribution >= 4 is 27.3 Å². The highest BCUT2D eigenvalue weighted by Gasteiger charge is 2.28. The van der Waals surface area contributed by atoms with Crippen molar-refractivity contribution in [2.75, 3.05) is 6.54 Å². The molecule has 2 aromatic rings. The lowest BCUT2D eigenvalue weighted by molar-refractivity contribution is 0.0933. The SMILES string of the molecule is NCC1CCCC1NC(=O)c1cc2cc(F)ccc2s1. The lowest BCUT2D eigenvalue weighted by Gasteiger charge is -2.18. The molecule has 0 saturated heterocycles. The minimum Gasteiger partial charge on any atom is -0.348 e. The molecule has 3 N–H and O–H groups in total. The first-order valence-corrected chi connectivity index (χ1v) is 7.69. The molecule has 2 unspecified atom stereocenters. The number of fused-ring (bicyclic) bond motifs is 1. The van der Waals surface area contributed by atoms with Gasteiger partial charge in [0.2, 0.25) is 0 Å². The summed E-state index contributed by atoms with van der Waals surface area (Å²) in [6.07, 6.45) is 3.19. The van der Waals surface area contributed by atoms with Gasteiger partial charge < -0.3 is 11.1 Å². The number of hydrogen-bond acceptors (Lipinski definition) is 3. The van der Waals surface area contributed by atoms with Crippen molar-refractivity contribution in [3.8, 4) is 0 Å². The summed E-state index contributed by atoms with van der Waals surface area (Å²) in [5.74, 6) is 0.0315. The molecule has 0 spiro atoms. The smallest absolute Gasteiger partial charge is 0.261 e. The lowest BCUT2D eigenvalue weighted by atomic mass is 10.0. The van der Waals surface area contributed by atoms with E-state index in [1.165, 1.54) is 23.5 Å². The zero-order valence-corrected chi connectivity index (χ0v) is 11.9. The van der Waals surface area contributed by atoms with Gasteiger partial charge in [-0.05, 0) is 55.0 Å². The molecule has 1 aromatic carbocycles. The Labute approximate surface area is 121 Å². The van der Waals surface area contributed by atoms with Gasteiger partial charge in [0.1, 0.15) is 5.82 Å². The Hall–Kier alpha value is -1.46. The average Bonchev–Trinajstić information content (AvgIpc) is 3.04. The van der Waals surface area contributed by atoms with Gasteiger partial charge in [-0.1, -0.05) is 6.42 Å². The van der Waals surface area contributed by atoms with Crippen LogP contribution >= 0.6 is 11.3 Å². The van der Waals surface area contributed by atoms with E-state index in [1.54, 1.807) is 12.1 Å². The first-order valence-electron chi connectivity index (χ1n) is 6.87. The first-order chi connectivity index (χ1) is 9.67. The standard InChI is InChI=1S/C15H17FN2OS/c16-11-4-5-13-10(6-11)7-14(20-13)15(19)18-12-3-1-2-9(12)8-17/h4-7,9,12H,1-3,8,17H2,(H,18,19). The quantitative estimate of drug-likeness (QED) is 0.914. The van der Waals surface area contributed by atoms with Crippen molar-refractivity contribution < 1.29 is 9.18 Å². The van der Waals surface area contributed by atoms with Crippen molar-refractivity contribution in [2.24, 2.45) is 11.7 Å². The highest BCUT2D eigenvalue weighted by molar-refractivity contribution is 7.20. The molecule has 1 aliphatic carbocycles. The van der Waals surface area contributed by atoms with Gasteiger partial charge in [0.25, 0.3) is 5.91 Å². The van der Waals surface area contributed by atoms with Crippen LogP contribution in [0.25, 0.3) is 10.1 Å². The van der Waals surface area contributed by atoms with Crippen LogP contribution in [0.3, 0.4) is 0 Å². The van der Waals surface area contributed by atoms with E-state index >= 15 is 0 Å². The molecule has 1 amide bonds. The third-order valence-electron chi connectivity index (χ3n) is 3.98. The fourth-order valence-electron chi connectivity index (χ4n) is 2.87. The molecule has 20 heavy (non-hydrogen) atoms. The minimum atomic E-state index is -0.277. The number of carbonyl (C=O) groups is 1. The maximum atomic E-state index is 13.2. The summed E-state index contributed by atoms with van der Waals surface area (Å²) in [7, 11) is 0. The Bertz CT molecular complexity index is 640. The molecular weight excluding hydrogens is 275 g/mol. The Balaban J connectivity index is 1.78. The first kappa shape index (κ1) is 13.5. The lowest BCUT2D eigenvalue weighted by Crippen LogP contribution is -2.39. The predicted molar refractivity (Wildman–Crippen MR) is 79.4 cm³/mol. The third-order valence-corrected chi connectivity index (χ3v) is 5.10. The van der Waals surface area contributed by atoms with Crippen molar-refractivity contribution in [2.45, 2.75) is 25.3 Å². The molecule has 0 radical (unpaired) electrons. The fraction of sp³-hybridized carbons (Fsp3) is 0.400. The summed E-state index contributed by atoms with van der Waals surface area (Å²) in [4.78, 5) is 12.9. The highest BCUT2D eigenvalue weighted by Crippen LogP contribution is 2.28. The molecular formula is C15H17FN2OS. The number of benzene rings is 1. The summed E-state index contributed by atoms with van der Waals surface area (Å²) in [6.45, 7) is 0.614. The number of thiophene rings is 1. The molecule has 1 aromatic heterocycles. The largest absolute Gasteiger partial charge is 0.348 e. The van der Waals surface area contributed by atoms with E-state index < -0.39 is 0 Å². The number of rotatable bonds is 3. The zero-order chi connectivity index (χ0) is 14.1. The number of nitrogens with two attached hydrogens (primary N) is 1. The van der Waals surface area contributed by atoms with Gasteiger partial charge in [-0.3, -0.25) is 4.79 Å². The van der Waals surface area contributed by atoms with Crippen LogP contribution in [0.15, 0.2) is 24.3 Å². The van der Waals surface area contributed by atoms with Gasteiger partial charge in [-0.25, -0.2) is 4.39 Å². The van der Waals surface area contributed by atoms with Crippen LogP contribution < -0.4 is 11.1 Å². The molecule has 2 atom stereocenters. The Morgan fingerprint density at radius 2 is 2.25 bits per heavy atom. The van der Waals surface area contributed by atoms with E-state index in [2.05, 4.69) is 5.32 Å². The molecule has 1 fully saturated rings. The van der Waals surface area contributed by atoms with Crippen molar-refractivity contribution in [1.82, 2.24) is 5.32 Å². The van der Waals surface area contributed by atoms with Crippen LogP contribution in [0.4, 0.5) is 4.39 Å². The number of nitrogens with one attached hydrogen (secondary N) is 1. The Kier molecular flexibility index (Phi) is 3.72. The maximum Gasteiger partial charge on any atom is 0.261 e. The highest BCUT2D eigenvalue weighted by atomic mass is 32.1. The van der Waals surface area contributed by atoms with Gasteiger partial charge in [0.05, 0.1) is 4.88 Å². The summed E-state index contributed by atoms with van der Waals surface area (Å²) in [5.41, 5.74) is 5.73. The van der Waals surface area contributed by atoms with Gasteiger partial charge in [-0.15, -0.1) is 11.3 Å². The summed E-state index contributed by atoms with van der Waals surface area (Å²) in [5, 5.41) is 3.85. The average molecular weight is 292 g/mol. The second-order valence-electron chi connectivity index (χ2n) is 5.30. The second kappa shape index (κ2) is 5.50. The van der Waals surface area contributed by atoms with Crippen molar-refractivity contribution in [3.63, 3.8) is 0 Å². The van der Waals surface area contributed by atoms with Crippen LogP contribution in [0.2, 0.25) is 0 Å². The van der Waals surface area contributed by atoms with Gasteiger partial charge in [-0.2, -0.15) is 0 Å². The molecule has 3 nitrogen and oxygen atoms in total. The molecule has 0 aliphatic heterocycles. The molecule has 1 saturated carbocycles. The van der Waals surface area contributed by atoms with Crippen LogP contribution in [0, 0.1) is 11.7 Å². The van der Waals surface area contributed by atoms with E-state index in [0.29, 0.717) is 17.3 Å². The molecule has 1 aliphatic rings. The zero-order valence-electron chi connectivity index (χ0n) is 11.1. The topological polar surface area (TPSA) is 55.1 Å². The summed E-state index contributed by atoms with van der Waals surface area (Å²) in [6, 6.07) is 6.52. The minimum absolute atomic E-state index is 0.0723. The number of carbonyl (C=O) groups excluding carboxylic acids is 1. The van der Waals surface area contributed by atoms with Crippen LogP contribution in [0.1, 0.15) is 28.9 Å². The van der Waals surface area contributed by atoms with Gasteiger partial charge in [0, 0.05) is 10.7 Å². The Morgan fingerprint density at radius 1 is 1.40 bits per heavy atom. The molecule has 106 valence electrons. The van der Waals surface area contributed by atoms with E-state index in [-0.39, 0.29) is 17.8 Å². The van der Waals surface area contributed by atoms with Crippen molar-refractivity contribution in [3.05, 3.63) is 35.0 Å². The number of hydrogen-bond donors (Lipinski definition) is 2. The van der Waals surface area contributed by atoms with E-state index in [0.717, 1.165) is 29.3 Å². The predicted octanol–water partition coefficient (Wildman–Crippen LogP) is 2.90. The maximum absolute atomic E-state index is 13.2. The molecule has 5 heteroatoms. The van der Waals surface area contributed by atoms with E-state index in [4.69, 9.17) is 5.73 Å². The van der Waals surface area contributed by atoms with Gasteiger partial charge in [0.15, 0.2) is 0 Å². The molecule has 3 rings (SSSR count). The second-order valence-corrected chi connectivity index (χ2v) is 6.38. The fourth-order valence-corrected chi connectivity index (χ4v) is 3.82. The molecule has 1 heterocycles. The van der Waals surface area contributed by atoms with Crippen LogP contribution in [0.5, 0.6) is 0 Å². The van der Waals surface area contributed by atoms with Crippen LogP contribution in [-0.2, 0) is 0 Å². The van der Waals surface area contributed by atoms with E-state index in [1.807, 2.05) is 0 Å². The van der Waals surface area contributed by atoms with Gasteiger partial charge >= 0.3 is 0 Å². The summed E-state index contributed by atoms with van der Waals surface area (Å²) >= 11 is 1.40. The molecule has 0 bridgehead atoms. The van der Waals surface area contributed by atoms with Crippen molar-refractivity contribution in [1.29, 1.82) is 0 Å². The normalized spacial score (nSPS) is 22.3. The van der Waals surface area contributed by atoms with Crippen LogP contribution in [-0.4, -0.2) is 18.5 Å². The third kappa shape index (κ3) is 2.55. The Morgan fingerprint density at radius 3 is 3.05 bits per heavy atom.